The van der Waals surface area contributed by atoms with Gasteiger partial charge in [0.2, 0.25) is 0 Å². The Balaban J connectivity index is 2.60. The number of rotatable bonds is 2. The van der Waals surface area contributed by atoms with Crippen molar-refractivity contribution in [2.24, 2.45) is 5.92 Å². The summed E-state index contributed by atoms with van der Waals surface area (Å²) < 4.78 is 4.99. The lowest BCUT2D eigenvalue weighted by Gasteiger charge is -2.38. The van der Waals surface area contributed by atoms with Gasteiger partial charge in [0.25, 0.3) is 0 Å². The van der Waals surface area contributed by atoms with Crippen LogP contribution in [0.2, 0.25) is 0 Å². The first kappa shape index (κ1) is 11.9. The Morgan fingerprint density at radius 1 is 1.00 bits per heavy atom. The number of hydrogen-bond acceptors (Lipinski definition) is 5. The van der Waals surface area contributed by atoms with E-state index in [4.69, 9.17) is 4.74 Å². The van der Waals surface area contributed by atoms with Gasteiger partial charge < -0.3 is 25.2 Å². The summed E-state index contributed by atoms with van der Waals surface area (Å²) in [4.78, 5) is 0. The topological polar surface area (TPSA) is 90.2 Å². The number of aliphatic hydroxyl groups excluding tert-OH is 4. The van der Waals surface area contributed by atoms with Crippen LogP contribution >= 0.6 is 0 Å². The third kappa shape index (κ3) is 2.43. The Morgan fingerprint density at radius 3 is 2.07 bits per heavy atom. The van der Waals surface area contributed by atoms with Gasteiger partial charge in [-0.3, -0.25) is 0 Å². The van der Waals surface area contributed by atoms with Crippen molar-refractivity contribution >= 4 is 0 Å². The quantitative estimate of drug-likeness (QED) is 0.457. The molecule has 5 heteroatoms. The van der Waals surface area contributed by atoms with Gasteiger partial charge >= 0.3 is 0 Å². The van der Waals surface area contributed by atoms with Crippen LogP contribution in [-0.2, 0) is 4.74 Å². The van der Waals surface area contributed by atoms with Crippen LogP contribution < -0.4 is 0 Å². The van der Waals surface area contributed by atoms with E-state index >= 15 is 0 Å². The lowest BCUT2D eigenvalue weighted by atomic mass is 9.93. The first-order valence-corrected chi connectivity index (χ1v) is 4.81. The molecule has 0 bridgehead atoms. The number of hydrogen-bond donors (Lipinski definition) is 4. The lowest BCUT2D eigenvalue weighted by Crippen LogP contribution is -2.57. The van der Waals surface area contributed by atoms with Crippen LogP contribution in [0.3, 0.4) is 0 Å². The van der Waals surface area contributed by atoms with E-state index in [1.165, 1.54) is 0 Å². The molecule has 1 saturated heterocycles. The summed E-state index contributed by atoms with van der Waals surface area (Å²) in [5, 5.41) is 37.3. The van der Waals surface area contributed by atoms with Crippen LogP contribution in [0.25, 0.3) is 0 Å². The minimum absolute atomic E-state index is 0.282. The number of ether oxygens (including phenoxy) is 1. The predicted octanol–water partition coefficient (Wildman–Crippen LogP) is -1.17. The van der Waals surface area contributed by atoms with E-state index in [0.29, 0.717) is 6.42 Å². The summed E-state index contributed by atoms with van der Waals surface area (Å²) in [5.41, 5.74) is 0. The van der Waals surface area contributed by atoms with E-state index in [0.717, 1.165) is 0 Å². The highest BCUT2D eigenvalue weighted by Crippen LogP contribution is 2.24. The highest BCUT2D eigenvalue weighted by atomic mass is 16.6. The largest absolute Gasteiger partial charge is 0.388 e. The Kier molecular flexibility index (Phi) is 3.86. The van der Waals surface area contributed by atoms with Crippen LogP contribution in [0.15, 0.2) is 0 Å². The SMILES string of the molecule is CC(C)C[C@H]1OC(O)[C@H](O)[C@H](O)[C@H]1O. The molecular formula is C9H18O5. The predicted molar refractivity (Wildman–Crippen MR) is 48.4 cm³/mol. The van der Waals surface area contributed by atoms with Gasteiger partial charge in [-0.1, -0.05) is 13.8 Å². The van der Waals surface area contributed by atoms with Gasteiger partial charge in [0.1, 0.15) is 18.3 Å². The average Bonchev–Trinajstić information content (AvgIpc) is 2.10. The van der Waals surface area contributed by atoms with Crippen molar-refractivity contribution in [3.05, 3.63) is 0 Å². The summed E-state index contributed by atoms with van der Waals surface area (Å²) in [5.74, 6) is 0.282. The molecule has 84 valence electrons. The standard InChI is InChI=1S/C9H18O5/c1-4(2)3-5-6(10)7(11)8(12)9(13)14-5/h4-13H,3H2,1-2H3/t5-,6+,7-,8-,9?/m1/s1. The van der Waals surface area contributed by atoms with Crippen LogP contribution in [0.4, 0.5) is 0 Å². The maximum absolute atomic E-state index is 9.53. The Hall–Kier alpha value is -0.200. The van der Waals surface area contributed by atoms with E-state index in [2.05, 4.69) is 0 Å². The molecule has 1 unspecified atom stereocenters. The molecule has 0 saturated carbocycles. The second-order valence-corrected chi connectivity index (χ2v) is 4.17. The summed E-state index contributed by atoms with van der Waals surface area (Å²) >= 11 is 0. The third-order valence-corrected chi connectivity index (χ3v) is 2.39. The third-order valence-electron chi connectivity index (χ3n) is 2.39. The van der Waals surface area contributed by atoms with Crippen LogP contribution in [0, 0.1) is 5.92 Å². The van der Waals surface area contributed by atoms with Crippen molar-refractivity contribution < 1.29 is 25.2 Å². The molecule has 0 amide bonds. The average molecular weight is 206 g/mol. The normalized spacial score (nSPS) is 44.4. The van der Waals surface area contributed by atoms with Crippen molar-refractivity contribution in [1.29, 1.82) is 0 Å². The molecule has 0 radical (unpaired) electrons. The molecule has 0 aromatic carbocycles. The highest BCUT2D eigenvalue weighted by Gasteiger charge is 2.42. The van der Waals surface area contributed by atoms with Gasteiger partial charge in [-0.15, -0.1) is 0 Å². The minimum atomic E-state index is -1.44. The fourth-order valence-corrected chi connectivity index (χ4v) is 1.59. The van der Waals surface area contributed by atoms with Gasteiger partial charge in [-0.25, -0.2) is 0 Å². The second-order valence-electron chi connectivity index (χ2n) is 4.17. The van der Waals surface area contributed by atoms with E-state index in [1.807, 2.05) is 13.8 Å². The van der Waals surface area contributed by atoms with Gasteiger partial charge in [-0.05, 0) is 12.3 Å². The van der Waals surface area contributed by atoms with E-state index in [9.17, 15) is 20.4 Å². The molecule has 1 aliphatic heterocycles. The van der Waals surface area contributed by atoms with Crippen molar-refractivity contribution in [1.82, 2.24) is 0 Å². The molecular weight excluding hydrogens is 188 g/mol. The van der Waals surface area contributed by atoms with Crippen molar-refractivity contribution in [2.75, 3.05) is 0 Å². The van der Waals surface area contributed by atoms with E-state index in [1.54, 1.807) is 0 Å². The molecule has 1 heterocycles. The van der Waals surface area contributed by atoms with Crippen LogP contribution in [0.5, 0.6) is 0 Å². The molecule has 4 N–H and O–H groups in total. The monoisotopic (exact) mass is 206 g/mol. The molecule has 0 aromatic heterocycles. The Labute approximate surface area is 82.9 Å². The zero-order valence-corrected chi connectivity index (χ0v) is 8.37. The molecule has 0 aliphatic carbocycles. The molecule has 14 heavy (non-hydrogen) atoms. The maximum atomic E-state index is 9.53. The Bertz CT molecular complexity index is 184. The number of aliphatic hydroxyl groups is 4. The molecule has 5 nitrogen and oxygen atoms in total. The fourth-order valence-electron chi connectivity index (χ4n) is 1.59. The Morgan fingerprint density at radius 2 is 1.57 bits per heavy atom. The van der Waals surface area contributed by atoms with Crippen molar-refractivity contribution in [3.63, 3.8) is 0 Å². The van der Waals surface area contributed by atoms with Crippen molar-refractivity contribution in [2.45, 2.75) is 51.0 Å². The van der Waals surface area contributed by atoms with Gasteiger partial charge in [0.15, 0.2) is 6.29 Å². The summed E-state index contributed by atoms with van der Waals surface area (Å²) in [6.07, 6.45) is -5.44. The molecule has 5 atom stereocenters. The maximum Gasteiger partial charge on any atom is 0.183 e. The first-order valence-electron chi connectivity index (χ1n) is 4.81. The summed E-state index contributed by atoms with van der Waals surface area (Å²) in [6, 6.07) is 0. The van der Waals surface area contributed by atoms with Crippen LogP contribution in [0.1, 0.15) is 20.3 Å². The van der Waals surface area contributed by atoms with E-state index in [-0.39, 0.29) is 5.92 Å². The van der Waals surface area contributed by atoms with Crippen molar-refractivity contribution in [3.8, 4) is 0 Å². The second kappa shape index (κ2) is 4.55. The van der Waals surface area contributed by atoms with Crippen LogP contribution in [-0.4, -0.2) is 51.1 Å². The molecule has 1 fully saturated rings. The summed E-state index contributed by atoms with van der Waals surface area (Å²) in [7, 11) is 0. The smallest absolute Gasteiger partial charge is 0.183 e. The van der Waals surface area contributed by atoms with Gasteiger partial charge in [-0.2, -0.15) is 0 Å². The molecule has 0 aromatic rings. The highest BCUT2D eigenvalue weighted by molar-refractivity contribution is 4.88. The van der Waals surface area contributed by atoms with E-state index < -0.39 is 30.7 Å². The fraction of sp³-hybridized carbons (Fsp3) is 1.00. The molecule has 0 spiro atoms. The zero-order valence-electron chi connectivity index (χ0n) is 8.37. The molecule has 1 aliphatic rings. The lowest BCUT2D eigenvalue weighted by molar-refractivity contribution is -0.283. The van der Waals surface area contributed by atoms with Gasteiger partial charge in [0, 0.05) is 0 Å². The minimum Gasteiger partial charge on any atom is -0.388 e. The zero-order chi connectivity index (χ0) is 10.9. The summed E-state index contributed by atoms with van der Waals surface area (Å²) in [6.45, 7) is 3.89. The first-order chi connectivity index (χ1) is 6.43. The van der Waals surface area contributed by atoms with Gasteiger partial charge in [0.05, 0.1) is 6.10 Å². The molecule has 1 rings (SSSR count).